The van der Waals surface area contributed by atoms with E-state index >= 15 is 0 Å². The molecule has 0 fully saturated rings. The van der Waals surface area contributed by atoms with E-state index in [0.717, 1.165) is 19.6 Å². The summed E-state index contributed by atoms with van der Waals surface area (Å²) >= 11 is 0. The molecule has 1 N–H and O–H groups in total. The van der Waals surface area contributed by atoms with Gasteiger partial charge >= 0.3 is 0 Å². The molecule has 0 heterocycles. The number of nitrogens with zero attached hydrogens (tertiary/aromatic N) is 1. The molecule has 4 heteroatoms. The third-order valence-electron chi connectivity index (χ3n) is 2.44. The normalized spacial score (nSPS) is 9.83. The minimum absolute atomic E-state index is 0.120. The average molecular weight is 258 g/mol. The molecule has 0 spiro atoms. The zero-order valence-electron chi connectivity index (χ0n) is 13.0. The van der Waals surface area contributed by atoms with Crippen LogP contribution in [-0.2, 0) is 9.59 Å². The summed E-state index contributed by atoms with van der Waals surface area (Å²) in [4.78, 5) is 23.7. The molecule has 0 aromatic heterocycles. The second-order valence-electron chi connectivity index (χ2n) is 4.71. The van der Waals surface area contributed by atoms with Gasteiger partial charge in [-0.15, -0.1) is 0 Å². The van der Waals surface area contributed by atoms with E-state index in [1.54, 1.807) is 0 Å². The Balaban J connectivity index is 0. The van der Waals surface area contributed by atoms with Gasteiger partial charge in [0, 0.05) is 31.5 Å². The largest absolute Gasteiger partial charge is 0.356 e. The van der Waals surface area contributed by atoms with Crippen molar-refractivity contribution in [3.63, 3.8) is 0 Å². The molecule has 2 amide bonds. The Hall–Kier alpha value is -1.06. The second-order valence-corrected chi connectivity index (χ2v) is 4.71. The van der Waals surface area contributed by atoms with Crippen molar-refractivity contribution in [2.24, 2.45) is 11.8 Å². The van der Waals surface area contributed by atoms with E-state index in [1.807, 2.05) is 53.4 Å². The lowest BCUT2D eigenvalue weighted by molar-refractivity contribution is -0.134. The SMILES string of the molecule is CCN(CC)C(=O)C(C)C.CCNC(=O)C(C)C. The van der Waals surface area contributed by atoms with Crippen LogP contribution in [0.25, 0.3) is 0 Å². The molecule has 18 heavy (non-hydrogen) atoms. The highest BCUT2D eigenvalue weighted by Gasteiger charge is 2.12. The lowest BCUT2D eigenvalue weighted by Gasteiger charge is -2.20. The Bertz CT molecular complexity index is 234. The van der Waals surface area contributed by atoms with Gasteiger partial charge in [-0.05, 0) is 20.8 Å². The summed E-state index contributed by atoms with van der Waals surface area (Å²) in [5, 5.41) is 2.71. The van der Waals surface area contributed by atoms with Crippen molar-refractivity contribution in [2.45, 2.75) is 48.5 Å². The van der Waals surface area contributed by atoms with Crippen molar-refractivity contribution in [3.8, 4) is 0 Å². The number of nitrogens with one attached hydrogen (secondary N) is 1. The highest BCUT2D eigenvalue weighted by atomic mass is 16.2. The van der Waals surface area contributed by atoms with Gasteiger partial charge in [0.1, 0.15) is 0 Å². The van der Waals surface area contributed by atoms with Gasteiger partial charge in [-0.25, -0.2) is 0 Å². The first kappa shape index (κ1) is 19.3. The number of rotatable bonds is 5. The summed E-state index contributed by atoms with van der Waals surface area (Å²) in [5.74, 6) is 0.646. The summed E-state index contributed by atoms with van der Waals surface area (Å²) in [6.07, 6.45) is 0. The number of hydrogen-bond acceptors (Lipinski definition) is 2. The van der Waals surface area contributed by atoms with Crippen molar-refractivity contribution in [2.75, 3.05) is 19.6 Å². The molecule has 0 aromatic carbocycles. The third kappa shape index (κ3) is 9.02. The van der Waals surface area contributed by atoms with Gasteiger partial charge in [0.25, 0.3) is 0 Å². The summed E-state index contributed by atoms with van der Waals surface area (Å²) in [6, 6.07) is 0. The van der Waals surface area contributed by atoms with Gasteiger partial charge in [-0.2, -0.15) is 0 Å². The highest BCUT2D eigenvalue weighted by molar-refractivity contribution is 5.78. The summed E-state index contributed by atoms with van der Waals surface area (Å²) in [6.45, 7) is 15.9. The first-order valence-electron chi connectivity index (χ1n) is 6.88. The zero-order chi connectivity index (χ0) is 14.7. The van der Waals surface area contributed by atoms with Crippen molar-refractivity contribution < 1.29 is 9.59 Å². The molecule has 4 nitrogen and oxygen atoms in total. The molecule has 0 aliphatic heterocycles. The first-order valence-corrected chi connectivity index (χ1v) is 6.88. The zero-order valence-corrected chi connectivity index (χ0v) is 13.0. The van der Waals surface area contributed by atoms with Crippen LogP contribution in [-0.4, -0.2) is 36.3 Å². The maximum absolute atomic E-state index is 11.2. The lowest BCUT2D eigenvalue weighted by atomic mass is 10.2. The Morgan fingerprint density at radius 2 is 1.39 bits per heavy atom. The van der Waals surface area contributed by atoms with Crippen LogP contribution < -0.4 is 5.32 Å². The first-order chi connectivity index (χ1) is 8.31. The molecule has 0 saturated carbocycles. The quantitative estimate of drug-likeness (QED) is 0.822. The van der Waals surface area contributed by atoms with Crippen molar-refractivity contribution >= 4 is 11.8 Å². The van der Waals surface area contributed by atoms with Crippen LogP contribution in [0.1, 0.15) is 48.5 Å². The fourth-order valence-corrected chi connectivity index (χ4v) is 1.28. The number of carbonyl (C=O) groups is 2. The molecule has 0 unspecified atom stereocenters. The van der Waals surface area contributed by atoms with Crippen LogP contribution in [0.2, 0.25) is 0 Å². The van der Waals surface area contributed by atoms with Crippen molar-refractivity contribution in [1.82, 2.24) is 10.2 Å². The predicted octanol–water partition coefficient (Wildman–Crippen LogP) is 2.29. The summed E-state index contributed by atoms with van der Waals surface area (Å²) in [7, 11) is 0. The maximum atomic E-state index is 11.2. The third-order valence-corrected chi connectivity index (χ3v) is 2.44. The van der Waals surface area contributed by atoms with E-state index in [0.29, 0.717) is 0 Å². The Morgan fingerprint density at radius 3 is 1.50 bits per heavy atom. The molecule has 0 aromatic rings. The van der Waals surface area contributed by atoms with E-state index < -0.39 is 0 Å². The molecule has 0 aliphatic carbocycles. The topological polar surface area (TPSA) is 49.4 Å². The number of carbonyl (C=O) groups excluding carboxylic acids is 2. The van der Waals surface area contributed by atoms with Gasteiger partial charge in [0.15, 0.2) is 0 Å². The maximum Gasteiger partial charge on any atom is 0.225 e. The average Bonchev–Trinajstić information content (AvgIpc) is 2.31. The van der Waals surface area contributed by atoms with Gasteiger partial charge in [0.2, 0.25) is 11.8 Å². The van der Waals surface area contributed by atoms with E-state index in [1.165, 1.54) is 0 Å². The van der Waals surface area contributed by atoms with Crippen LogP contribution in [0.5, 0.6) is 0 Å². The molecule has 0 saturated heterocycles. The van der Waals surface area contributed by atoms with Crippen molar-refractivity contribution in [3.05, 3.63) is 0 Å². The van der Waals surface area contributed by atoms with E-state index in [2.05, 4.69) is 5.32 Å². The second kappa shape index (κ2) is 11.1. The van der Waals surface area contributed by atoms with Crippen LogP contribution in [0, 0.1) is 11.8 Å². The van der Waals surface area contributed by atoms with Gasteiger partial charge in [0.05, 0.1) is 0 Å². The Morgan fingerprint density at radius 1 is 0.944 bits per heavy atom. The molecule has 0 rings (SSSR count). The smallest absolute Gasteiger partial charge is 0.225 e. The minimum atomic E-state index is 0.120. The van der Waals surface area contributed by atoms with Gasteiger partial charge in [-0.3, -0.25) is 9.59 Å². The molecule has 0 aliphatic rings. The standard InChI is InChI=1S/C8H17NO.C6H13NO/c1-5-9(6-2)8(10)7(3)4;1-4-7-6(8)5(2)3/h7H,5-6H2,1-4H3;5H,4H2,1-3H3,(H,7,8). The molecule has 0 atom stereocenters. The molecule has 0 radical (unpaired) electrons. The monoisotopic (exact) mass is 258 g/mol. The van der Waals surface area contributed by atoms with Crippen molar-refractivity contribution in [1.29, 1.82) is 0 Å². The van der Waals surface area contributed by atoms with Gasteiger partial charge in [-0.1, -0.05) is 27.7 Å². The fourth-order valence-electron chi connectivity index (χ4n) is 1.28. The highest BCUT2D eigenvalue weighted by Crippen LogP contribution is 1.99. The van der Waals surface area contributed by atoms with Crippen LogP contribution in [0.4, 0.5) is 0 Å². The molecule has 108 valence electrons. The van der Waals surface area contributed by atoms with E-state index in [9.17, 15) is 9.59 Å². The Labute approximate surface area is 112 Å². The predicted molar refractivity (Wildman–Crippen MR) is 76.3 cm³/mol. The summed E-state index contributed by atoms with van der Waals surface area (Å²) < 4.78 is 0. The lowest BCUT2D eigenvalue weighted by Crippen LogP contribution is -2.33. The molecular formula is C14H30N2O2. The van der Waals surface area contributed by atoms with Gasteiger partial charge < -0.3 is 10.2 Å². The summed E-state index contributed by atoms with van der Waals surface area (Å²) in [5.41, 5.74) is 0. The Kier molecular flexibility index (Phi) is 11.8. The van der Waals surface area contributed by atoms with E-state index in [-0.39, 0.29) is 23.7 Å². The number of amides is 2. The van der Waals surface area contributed by atoms with Crippen LogP contribution >= 0.6 is 0 Å². The number of hydrogen-bond donors (Lipinski definition) is 1. The fraction of sp³-hybridized carbons (Fsp3) is 0.857. The van der Waals surface area contributed by atoms with Crippen LogP contribution in [0.3, 0.4) is 0 Å². The molecule has 0 bridgehead atoms. The molecular weight excluding hydrogens is 228 g/mol. The van der Waals surface area contributed by atoms with E-state index in [4.69, 9.17) is 0 Å². The van der Waals surface area contributed by atoms with Crippen LogP contribution in [0.15, 0.2) is 0 Å². The minimum Gasteiger partial charge on any atom is -0.356 e.